The monoisotopic (exact) mass is 265 g/mol. The Morgan fingerprint density at radius 3 is 2.82 bits per heavy atom. The van der Waals surface area contributed by atoms with Crippen molar-refractivity contribution in [3.8, 4) is 0 Å². The molecule has 2 rings (SSSR count). The Bertz CT molecular complexity index is 479. The van der Waals surface area contributed by atoms with Crippen LogP contribution in [0.15, 0.2) is 35.0 Å². The summed E-state index contributed by atoms with van der Waals surface area (Å²) in [6.07, 6.45) is 1.94. The normalized spacial score (nSPS) is 12.6. The van der Waals surface area contributed by atoms with Gasteiger partial charge in [-0.05, 0) is 59.3 Å². The maximum absolute atomic E-state index is 6.21. The molecule has 3 heteroatoms. The first kappa shape index (κ1) is 12.6. The molecule has 0 saturated heterocycles. The van der Waals surface area contributed by atoms with Crippen LogP contribution < -0.4 is 5.73 Å². The van der Waals surface area contributed by atoms with Crippen LogP contribution in [0.1, 0.15) is 29.2 Å². The van der Waals surface area contributed by atoms with Crippen molar-refractivity contribution in [2.45, 2.75) is 25.8 Å². The fraction of sp³-hybridized carbons (Fsp3) is 0.286. The Morgan fingerprint density at radius 1 is 1.35 bits per heavy atom. The van der Waals surface area contributed by atoms with E-state index in [0.29, 0.717) is 0 Å². The topological polar surface area (TPSA) is 26.0 Å². The Hall–Kier alpha value is -0.830. The van der Waals surface area contributed by atoms with Crippen LogP contribution in [0.25, 0.3) is 0 Å². The fourth-order valence-electron chi connectivity index (χ4n) is 1.85. The van der Waals surface area contributed by atoms with Crippen molar-refractivity contribution in [3.63, 3.8) is 0 Å². The molecular formula is C14H16ClNS. The van der Waals surface area contributed by atoms with Gasteiger partial charge in [-0.2, -0.15) is 11.3 Å². The molecule has 0 saturated carbocycles. The lowest BCUT2D eigenvalue weighted by Gasteiger charge is -2.13. The van der Waals surface area contributed by atoms with Gasteiger partial charge in [-0.15, -0.1) is 0 Å². The number of nitrogens with two attached hydrogens (primary N) is 1. The summed E-state index contributed by atoms with van der Waals surface area (Å²) >= 11 is 7.93. The quantitative estimate of drug-likeness (QED) is 0.874. The summed E-state index contributed by atoms with van der Waals surface area (Å²) in [6.45, 7) is 2.03. The van der Waals surface area contributed by atoms with E-state index in [1.807, 2.05) is 19.1 Å². The van der Waals surface area contributed by atoms with E-state index in [0.717, 1.165) is 23.4 Å². The minimum absolute atomic E-state index is 0.0167. The zero-order valence-electron chi connectivity index (χ0n) is 9.82. The van der Waals surface area contributed by atoms with E-state index in [1.165, 1.54) is 11.1 Å². The standard InChI is InChI=1S/C14H16ClNS/c1-10-2-4-12(13(15)8-10)14(16)5-3-11-6-7-17-9-11/h2,4,6-9,14H,3,5,16H2,1H3. The van der Waals surface area contributed by atoms with Gasteiger partial charge in [0, 0.05) is 11.1 Å². The van der Waals surface area contributed by atoms with Gasteiger partial charge in [0.15, 0.2) is 0 Å². The predicted molar refractivity (Wildman–Crippen MR) is 75.8 cm³/mol. The Kier molecular flexibility index (Phi) is 4.21. The number of benzene rings is 1. The fourth-order valence-corrected chi connectivity index (χ4v) is 2.92. The average Bonchev–Trinajstić information content (AvgIpc) is 2.78. The van der Waals surface area contributed by atoms with E-state index in [9.17, 15) is 0 Å². The summed E-state index contributed by atoms with van der Waals surface area (Å²) in [7, 11) is 0. The first-order valence-electron chi connectivity index (χ1n) is 5.69. The molecule has 1 heterocycles. The third kappa shape index (κ3) is 3.32. The van der Waals surface area contributed by atoms with Crippen molar-refractivity contribution in [1.29, 1.82) is 0 Å². The van der Waals surface area contributed by atoms with Gasteiger partial charge in [-0.3, -0.25) is 0 Å². The molecule has 0 amide bonds. The molecule has 0 spiro atoms. The molecule has 0 bridgehead atoms. The molecule has 90 valence electrons. The second-order valence-corrected chi connectivity index (χ2v) is 5.49. The second kappa shape index (κ2) is 5.67. The number of hydrogen-bond donors (Lipinski definition) is 1. The first-order valence-corrected chi connectivity index (χ1v) is 7.01. The lowest BCUT2D eigenvalue weighted by molar-refractivity contribution is 0.652. The highest BCUT2D eigenvalue weighted by Crippen LogP contribution is 2.25. The van der Waals surface area contributed by atoms with Crippen molar-refractivity contribution < 1.29 is 0 Å². The van der Waals surface area contributed by atoms with Crippen LogP contribution in [0, 0.1) is 6.92 Å². The molecule has 2 N–H and O–H groups in total. The SMILES string of the molecule is Cc1ccc(C(N)CCc2ccsc2)c(Cl)c1. The van der Waals surface area contributed by atoms with E-state index in [4.69, 9.17) is 17.3 Å². The molecule has 0 aliphatic rings. The highest BCUT2D eigenvalue weighted by molar-refractivity contribution is 7.07. The van der Waals surface area contributed by atoms with Crippen LogP contribution in [-0.2, 0) is 6.42 Å². The van der Waals surface area contributed by atoms with Gasteiger partial charge in [0.05, 0.1) is 0 Å². The summed E-state index contributed by atoms with van der Waals surface area (Å²) in [5.74, 6) is 0. The van der Waals surface area contributed by atoms with E-state index in [2.05, 4.69) is 22.9 Å². The van der Waals surface area contributed by atoms with Crippen molar-refractivity contribution in [3.05, 3.63) is 56.7 Å². The van der Waals surface area contributed by atoms with Gasteiger partial charge in [0.25, 0.3) is 0 Å². The summed E-state index contributed by atoms with van der Waals surface area (Å²) in [6, 6.07) is 8.24. The van der Waals surface area contributed by atoms with Crippen LogP contribution in [0.4, 0.5) is 0 Å². The molecule has 17 heavy (non-hydrogen) atoms. The van der Waals surface area contributed by atoms with Crippen molar-refractivity contribution in [2.24, 2.45) is 5.73 Å². The van der Waals surface area contributed by atoms with Gasteiger partial charge in [-0.1, -0.05) is 23.7 Å². The van der Waals surface area contributed by atoms with Gasteiger partial charge in [-0.25, -0.2) is 0 Å². The average molecular weight is 266 g/mol. The Labute approximate surface area is 111 Å². The highest BCUT2D eigenvalue weighted by Gasteiger charge is 2.10. The molecule has 2 aromatic rings. The summed E-state index contributed by atoms with van der Waals surface area (Å²) in [5, 5.41) is 5.05. The molecule has 0 fully saturated rings. The van der Waals surface area contributed by atoms with E-state index < -0.39 is 0 Å². The highest BCUT2D eigenvalue weighted by atomic mass is 35.5. The third-order valence-electron chi connectivity index (χ3n) is 2.88. The lowest BCUT2D eigenvalue weighted by Crippen LogP contribution is -2.11. The summed E-state index contributed by atoms with van der Waals surface area (Å²) in [5.41, 5.74) is 9.76. The first-order chi connectivity index (χ1) is 8.16. The van der Waals surface area contributed by atoms with Crippen molar-refractivity contribution >= 4 is 22.9 Å². The van der Waals surface area contributed by atoms with Gasteiger partial charge in [0.2, 0.25) is 0 Å². The predicted octanol–water partition coefficient (Wildman–Crippen LogP) is 4.34. The van der Waals surface area contributed by atoms with Crippen LogP contribution in [0.5, 0.6) is 0 Å². The number of thiophene rings is 1. The number of hydrogen-bond acceptors (Lipinski definition) is 2. The molecule has 1 unspecified atom stereocenters. The van der Waals surface area contributed by atoms with Gasteiger partial charge in [0.1, 0.15) is 0 Å². The van der Waals surface area contributed by atoms with Crippen LogP contribution in [0.2, 0.25) is 5.02 Å². The molecular weight excluding hydrogens is 250 g/mol. The largest absolute Gasteiger partial charge is 0.324 e. The van der Waals surface area contributed by atoms with E-state index in [1.54, 1.807) is 11.3 Å². The Morgan fingerprint density at radius 2 is 2.18 bits per heavy atom. The molecule has 1 nitrogen and oxygen atoms in total. The molecule has 1 aromatic carbocycles. The second-order valence-electron chi connectivity index (χ2n) is 4.30. The third-order valence-corrected chi connectivity index (χ3v) is 3.94. The van der Waals surface area contributed by atoms with Crippen molar-refractivity contribution in [1.82, 2.24) is 0 Å². The molecule has 1 aromatic heterocycles. The van der Waals surface area contributed by atoms with E-state index in [-0.39, 0.29) is 6.04 Å². The number of halogens is 1. The summed E-state index contributed by atoms with van der Waals surface area (Å²) < 4.78 is 0. The van der Waals surface area contributed by atoms with Crippen LogP contribution in [-0.4, -0.2) is 0 Å². The van der Waals surface area contributed by atoms with Crippen molar-refractivity contribution in [2.75, 3.05) is 0 Å². The molecule has 1 atom stereocenters. The lowest BCUT2D eigenvalue weighted by atomic mass is 10.00. The zero-order valence-corrected chi connectivity index (χ0v) is 11.4. The summed E-state index contributed by atoms with van der Waals surface area (Å²) in [4.78, 5) is 0. The molecule has 0 aliphatic carbocycles. The van der Waals surface area contributed by atoms with Gasteiger partial charge < -0.3 is 5.73 Å². The van der Waals surface area contributed by atoms with Crippen LogP contribution >= 0.6 is 22.9 Å². The Balaban J connectivity index is 2.01. The molecule has 0 aliphatic heterocycles. The maximum atomic E-state index is 6.21. The van der Waals surface area contributed by atoms with Gasteiger partial charge >= 0.3 is 0 Å². The van der Waals surface area contributed by atoms with Crippen LogP contribution in [0.3, 0.4) is 0 Å². The van der Waals surface area contributed by atoms with E-state index >= 15 is 0 Å². The molecule has 0 radical (unpaired) electrons. The zero-order chi connectivity index (χ0) is 12.3. The number of rotatable bonds is 4. The minimum atomic E-state index is 0.0167. The maximum Gasteiger partial charge on any atom is 0.0456 e. The smallest absolute Gasteiger partial charge is 0.0456 e. The minimum Gasteiger partial charge on any atom is -0.324 e. The number of aryl methyl sites for hydroxylation is 2.